The van der Waals surface area contributed by atoms with E-state index in [0.29, 0.717) is 29.1 Å². The first-order chi connectivity index (χ1) is 28.0. The number of nitrogens with one attached hydrogen (secondary N) is 3. The van der Waals surface area contributed by atoms with Crippen LogP contribution in [0.3, 0.4) is 0 Å². The number of rotatable bonds is 14. The van der Waals surface area contributed by atoms with Crippen LogP contribution in [-0.2, 0) is 24.8 Å². The lowest BCUT2D eigenvalue weighted by atomic mass is 9.59. The highest BCUT2D eigenvalue weighted by atomic mass is 32.2. The Hall–Kier alpha value is -5.40. The van der Waals surface area contributed by atoms with Gasteiger partial charge in [-0.05, 0) is 119 Å². The molecule has 6 aromatic rings. The number of benzene rings is 4. The van der Waals surface area contributed by atoms with Gasteiger partial charge in [-0.1, -0.05) is 79.2 Å². The van der Waals surface area contributed by atoms with Gasteiger partial charge in [0.15, 0.2) is 11.5 Å². The maximum atomic E-state index is 14.0. The fraction of sp³-hybridized carbons (Fsp3) is 0.333. The number of unbranched alkanes of at least 4 members (excludes halogenated alkanes) is 1. The van der Waals surface area contributed by atoms with Crippen LogP contribution >= 0.6 is 11.8 Å². The third kappa shape index (κ3) is 8.15. The number of amides is 2. The normalized spacial score (nSPS) is 18.2. The summed E-state index contributed by atoms with van der Waals surface area (Å²) in [5.41, 5.74) is 3.45. The molecule has 3 N–H and O–H groups in total. The molecule has 1 unspecified atom stereocenters. The van der Waals surface area contributed by atoms with Crippen LogP contribution < -0.4 is 15.4 Å². The molecule has 0 radical (unpaired) electrons. The first-order valence-corrected chi connectivity index (χ1v) is 22.4. The van der Waals surface area contributed by atoms with E-state index in [0.717, 1.165) is 70.3 Å². The number of fused-ring (bicyclic) bond motifs is 4. The van der Waals surface area contributed by atoms with E-state index in [1.807, 2.05) is 50.2 Å². The molecule has 4 aromatic carbocycles. The van der Waals surface area contributed by atoms with E-state index in [1.54, 1.807) is 64.9 Å². The Bertz CT molecular complexity index is 2560. The highest BCUT2D eigenvalue weighted by Gasteiger charge is 2.45. The van der Waals surface area contributed by atoms with Gasteiger partial charge in [-0.15, -0.1) is 5.10 Å². The van der Waals surface area contributed by atoms with E-state index in [9.17, 15) is 18.0 Å². The molecule has 1 atom stereocenters. The van der Waals surface area contributed by atoms with Crippen LogP contribution in [0.15, 0.2) is 112 Å². The van der Waals surface area contributed by atoms with Gasteiger partial charge in [0, 0.05) is 28.0 Å². The molecule has 0 aliphatic heterocycles. The van der Waals surface area contributed by atoms with Gasteiger partial charge in [-0.25, -0.2) is 13.4 Å². The lowest BCUT2D eigenvalue weighted by molar-refractivity contribution is -0.119. The summed E-state index contributed by atoms with van der Waals surface area (Å²) in [6, 6.07) is 28.2. The summed E-state index contributed by atoms with van der Waals surface area (Å²) >= 11 is 1.60. The van der Waals surface area contributed by atoms with Crippen LogP contribution in [0.2, 0.25) is 0 Å². The SMILES string of the molecule is CCCCC(=O)Nc1ccccc1Sc1c(C23CCC(CC2)CC3)[nH]n2nc(-c3cccc(NC(=O)C(Oc4cccc(C)c4)S(=O)(=O)c4ccc(C)cc4)c3)nc12. The molecule has 0 saturated heterocycles. The zero-order valence-corrected chi connectivity index (χ0v) is 34.6. The molecule has 0 spiro atoms. The smallest absolute Gasteiger partial charge is 0.281 e. The highest BCUT2D eigenvalue weighted by Crippen LogP contribution is 2.54. The maximum absolute atomic E-state index is 14.0. The van der Waals surface area contributed by atoms with E-state index in [4.69, 9.17) is 14.8 Å². The maximum Gasteiger partial charge on any atom is 0.281 e. The number of ether oxygens (including phenoxy) is 1. The third-order valence-electron chi connectivity index (χ3n) is 11.5. The van der Waals surface area contributed by atoms with E-state index < -0.39 is 21.2 Å². The van der Waals surface area contributed by atoms with Crippen molar-refractivity contribution >= 4 is 50.4 Å². The van der Waals surface area contributed by atoms with E-state index in [1.165, 1.54) is 31.4 Å². The molecule has 3 aliphatic carbocycles. The van der Waals surface area contributed by atoms with Crippen molar-refractivity contribution in [1.82, 2.24) is 19.8 Å². The molecule has 2 bridgehead atoms. The number of carbonyl (C=O) groups excluding carboxylic acids is 2. The zero-order chi connectivity index (χ0) is 40.4. The number of para-hydroxylation sites is 1. The van der Waals surface area contributed by atoms with Crippen molar-refractivity contribution in [2.24, 2.45) is 5.92 Å². The molecule has 2 heterocycles. The minimum absolute atomic E-state index is 0.000877. The summed E-state index contributed by atoms with van der Waals surface area (Å²) in [4.78, 5) is 33.8. The van der Waals surface area contributed by atoms with Crippen molar-refractivity contribution in [1.29, 1.82) is 0 Å². The van der Waals surface area contributed by atoms with Crippen molar-refractivity contribution in [3.63, 3.8) is 0 Å². The number of aryl methyl sites for hydroxylation is 2. The Kier molecular flexibility index (Phi) is 11.2. The monoisotopic (exact) mass is 816 g/mol. The minimum atomic E-state index is -4.28. The molecule has 11 nitrogen and oxygen atoms in total. The largest absolute Gasteiger partial charge is 0.464 e. The van der Waals surface area contributed by atoms with Gasteiger partial charge in [0.05, 0.1) is 21.2 Å². The highest BCUT2D eigenvalue weighted by molar-refractivity contribution is 7.99. The van der Waals surface area contributed by atoms with E-state index in [-0.39, 0.29) is 22.0 Å². The molecule has 2 amide bonds. The van der Waals surface area contributed by atoms with Gasteiger partial charge in [0.25, 0.3) is 11.3 Å². The predicted octanol–water partition coefficient (Wildman–Crippen LogP) is 9.66. The van der Waals surface area contributed by atoms with Crippen molar-refractivity contribution in [2.45, 2.75) is 104 Å². The minimum Gasteiger partial charge on any atom is -0.464 e. The zero-order valence-electron chi connectivity index (χ0n) is 33.0. The summed E-state index contributed by atoms with van der Waals surface area (Å²) in [7, 11) is -4.28. The summed E-state index contributed by atoms with van der Waals surface area (Å²) in [6.07, 6.45) is 9.17. The van der Waals surface area contributed by atoms with Gasteiger partial charge < -0.3 is 15.4 Å². The molecule has 3 fully saturated rings. The number of H-pyrrole nitrogens is 1. The summed E-state index contributed by atoms with van der Waals surface area (Å²) in [6.45, 7) is 5.80. The molecular formula is C45H48N6O5S2. The fourth-order valence-corrected chi connectivity index (χ4v) is 10.7. The van der Waals surface area contributed by atoms with E-state index in [2.05, 4.69) is 22.7 Å². The number of anilines is 2. The number of hydrogen-bond acceptors (Lipinski definition) is 8. The topological polar surface area (TPSA) is 148 Å². The Morgan fingerprint density at radius 3 is 2.40 bits per heavy atom. The van der Waals surface area contributed by atoms with Gasteiger partial charge in [0.2, 0.25) is 15.7 Å². The van der Waals surface area contributed by atoms with Crippen LogP contribution in [0.5, 0.6) is 5.75 Å². The summed E-state index contributed by atoms with van der Waals surface area (Å²) in [5, 5.41) is 14.5. The second kappa shape index (κ2) is 16.5. The quantitative estimate of drug-likeness (QED) is 0.0985. The molecule has 300 valence electrons. The van der Waals surface area contributed by atoms with Crippen LogP contribution in [0.1, 0.15) is 81.5 Å². The molecule has 58 heavy (non-hydrogen) atoms. The summed E-state index contributed by atoms with van der Waals surface area (Å²) < 4.78 is 35.6. The van der Waals surface area contributed by atoms with E-state index >= 15 is 0 Å². The second-order valence-electron chi connectivity index (χ2n) is 15.7. The Balaban J connectivity index is 1.12. The first-order valence-electron chi connectivity index (χ1n) is 20.0. The lowest BCUT2D eigenvalue weighted by Crippen LogP contribution is -2.40. The predicted molar refractivity (Wildman–Crippen MR) is 227 cm³/mol. The van der Waals surface area contributed by atoms with Crippen molar-refractivity contribution in [3.05, 3.63) is 114 Å². The molecular weight excluding hydrogens is 769 g/mol. The average Bonchev–Trinajstić information content (AvgIpc) is 3.80. The van der Waals surface area contributed by atoms with Crippen LogP contribution in [0, 0.1) is 19.8 Å². The summed E-state index contributed by atoms with van der Waals surface area (Å²) in [5.74, 6) is 0.643. The Morgan fingerprint density at radius 1 is 0.914 bits per heavy atom. The number of aromatic amines is 1. The van der Waals surface area contributed by atoms with Gasteiger partial charge in [0.1, 0.15) is 5.75 Å². The number of hydrogen-bond donors (Lipinski definition) is 3. The first kappa shape index (κ1) is 39.4. The van der Waals surface area contributed by atoms with Crippen LogP contribution in [0.4, 0.5) is 11.4 Å². The van der Waals surface area contributed by atoms with Gasteiger partial charge in [-0.2, -0.15) is 4.63 Å². The molecule has 3 aliphatic rings. The van der Waals surface area contributed by atoms with Crippen LogP contribution in [0.25, 0.3) is 17.0 Å². The Morgan fingerprint density at radius 2 is 1.66 bits per heavy atom. The van der Waals surface area contributed by atoms with Gasteiger partial charge >= 0.3 is 0 Å². The molecule has 2 aromatic heterocycles. The average molecular weight is 817 g/mol. The lowest BCUT2D eigenvalue weighted by Gasteiger charge is -2.46. The van der Waals surface area contributed by atoms with Crippen molar-refractivity contribution < 1.29 is 22.7 Å². The number of nitrogens with zero attached hydrogens (tertiary/aromatic N) is 3. The third-order valence-corrected chi connectivity index (χ3v) is 14.4. The standard InChI is InChI=1S/C45H48N6O5S2/c1-4-5-16-38(52)47-36-14-6-7-15-37(36)57-39-40(45-24-21-31(22-25-45)23-26-45)49-51-42(39)48-41(50-51)32-11-9-12-33(28-32)46-43(53)44(56-34-13-8-10-30(3)27-34)58(54,55)35-19-17-29(2)18-20-35/h6-15,17-20,27-28,31,44,49H,4-5,16,21-26H2,1-3H3,(H,46,53)(H,47,52). The van der Waals surface area contributed by atoms with Crippen LogP contribution in [-0.4, -0.2) is 45.5 Å². The van der Waals surface area contributed by atoms with Crippen molar-refractivity contribution in [3.8, 4) is 17.1 Å². The second-order valence-corrected chi connectivity index (χ2v) is 18.7. The molecule has 9 rings (SSSR count). The number of carbonyl (C=O) groups is 2. The molecule has 13 heteroatoms. The van der Waals surface area contributed by atoms with Gasteiger partial charge in [-0.3, -0.25) is 14.7 Å². The van der Waals surface area contributed by atoms with Crippen molar-refractivity contribution in [2.75, 3.05) is 10.6 Å². The number of aromatic nitrogens is 4. The number of sulfone groups is 1. The molecule has 3 saturated carbocycles. The fourth-order valence-electron chi connectivity index (χ4n) is 8.19. The Labute approximate surface area is 343 Å².